The van der Waals surface area contributed by atoms with Crippen LogP contribution in [0.25, 0.3) is 0 Å². The molecule has 1 saturated heterocycles. The van der Waals surface area contributed by atoms with Crippen molar-refractivity contribution >= 4 is 5.91 Å². The largest absolute Gasteiger partial charge is 0.353 e. The van der Waals surface area contributed by atoms with Gasteiger partial charge in [-0.3, -0.25) is 9.59 Å². The number of carbonyl (C=O) groups excluding carboxylic acids is 1. The quantitative estimate of drug-likeness (QED) is 0.878. The molecule has 0 aliphatic carbocycles. The Labute approximate surface area is 126 Å². The van der Waals surface area contributed by atoms with Crippen LogP contribution in [0.3, 0.4) is 0 Å². The number of carbonyl (C=O) groups is 1. The van der Waals surface area contributed by atoms with Crippen molar-refractivity contribution < 1.29 is 4.79 Å². The zero-order valence-electron chi connectivity index (χ0n) is 12.9. The Bertz CT molecular complexity index is 516. The third kappa shape index (κ3) is 5.01. The molecule has 0 bridgehead atoms. The number of pyridine rings is 1. The molecule has 1 aliphatic heterocycles. The summed E-state index contributed by atoms with van der Waals surface area (Å²) in [4.78, 5) is 25.8. The van der Waals surface area contributed by atoms with E-state index in [2.05, 4.69) is 24.1 Å². The zero-order valence-corrected chi connectivity index (χ0v) is 12.9. The van der Waals surface area contributed by atoms with E-state index in [1.807, 2.05) is 0 Å². The molecule has 0 saturated carbocycles. The minimum atomic E-state index is -0.147. The Hall–Kier alpha value is -1.62. The van der Waals surface area contributed by atoms with Gasteiger partial charge in [-0.25, -0.2) is 0 Å². The highest BCUT2D eigenvalue weighted by Crippen LogP contribution is 2.20. The van der Waals surface area contributed by atoms with Crippen LogP contribution in [0, 0.1) is 11.8 Å². The van der Waals surface area contributed by atoms with Gasteiger partial charge in [-0.1, -0.05) is 19.9 Å². The summed E-state index contributed by atoms with van der Waals surface area (Å²) in [5.74, 6) is 1.35. The first kappa shape index (κ1) is 15.8. The van der Waals surface area contributed by atoms with Crippen molar-refractivity contribution in [2.24, 2.45) is 11.8 Å². The lowest BCUT2D eigenvalue weighted by Crippen LogP contribution is -2.43. The Balaban J connectivity index is 1.72. The summed E-state index contributed by atoms with van der Waals surface area (Å²) in [7, 11) is 0. The number of hydrogen-bond acceptors (Lipinski definition) is 3. The molecule has 21 heavy (non-hydrogen) atoms. The van der Waals surface area contributed by atoms with Gasteiger partial charge < -0.3 is 14.8 Å². The number of nitrogens with one attached hydrogen (secondary N) is 1. The first-order valence-electron chi connectivity index (χ1n) is 7.69. The van der Waals surface area contributed by atoms with E-state index in [0.717, 1.165) is 31.5 Å². The lowest BCUT2D eigenvalue weighted by atomic mass is 9.92. The van der Waals surface area contributed by atoms with Crippen LogP contribution < -0.4 is 10.9 Å². The lowest BCUT2D eigenvalue weighted by molar-refractivity contribution is -0.121. The molecule has 0 radical (unpaired) electrons. The minimum absolute atomic E-state index is 0.0898. The standard InChI is InChI=1S/C16H25N3O2/c1-13-9-14(2)11-18(10-13)8-6-17-15(20)12-19-7-4-3-5-16(19)21/h3-5,7,13-14H,6,8-12H2,1-2H3,(H,17,20)/t13-,14-/m0/s1. The van der Waals surface area contributed by atoms with Crippen LogP contribution >= 0.6 is 0 Å². The second-order valence-corrected chi connectivity index (χ2v) is 6.22. The van der Waals surface area contributed by atoms with Crippen molar-refractivity contribution in [3.05, 3.63) is 34.7 Å². The molecular weight excluding hydrogens is 266 g/mol. The maximum atomic E-state index is 11.8. The van der Waals surface area contributed by atoms with Crippen LogP contribution in [0.5, 0.6) is 0 Å². The SMILES string of the molecule is C[C@H]1C[C@H](C)CN(CCNC(=O)Cn2ccccc2=O)C1. The van der Waals surface area contributed by atoms with Gasteiger partial charge in [-0.05, 0) is 24.3 Å². The van der Waals surface area contributed by atoms with Gasteiger partial charge in [-0.2, -0.15) is 0 Å². The molecule has 2 heterocycles. The molecule has 0 unspecified atom stereocenters. The maximum Gasteiger partial charge on any atom is 0.250 e. The fraction of sp³-hybridized carbons (Fsp3) is 0.625. The van der Waals surface area contributed by atoms with E-state index in [9.17, 15) is 9.59 Å². The maximum absolute atomic E-state index is 11.8. The van der Waals surface area contributed by atoms with Gasteiger partial charge in [-0.15, -0.1) is 0 Å². The van der Waals surface area contributed by atoms with Gasteiger partial charge in [0.15, 0.2) is 0 Å². The fourth-order valence-corrected chi connectivity index (χ4v) is 3.13. The molecular formula is C16H25N3O2. The summed E-state index contributed by atoms with van der Waals surface area (Å²) in [6, 6.07) is 4.89. The second kappa shape index (κ2) is 7.41. The van der Waals surface area contributed by atoms with Crippen molar-refractivity contribution in [2.45, 2.75) is 26.8 Å². The Kier molecular flexibility index (Phi) is 5.56. The molecule has 0 spiro atoms. The van der Waals surface area contributed by atoms with Crippen molar-refractivity contribution in [2.75, 3.05) is 26.2 Å². The molecule has 1 fully saturated rings. The second-order valence-electron chi connectivity index (χ2n) is 6.22. The molecule has 5 nitrogen and oxygen atoms in total. The van der Waals surface area contributed by atoms with E-state index in [1.54, 1.807) is 18.3 Å². The van der Waals surface area contributed by atoms with Gasteiger partial charge in [0.2, 0.25) is 5.91 Å². The molecule has 1 aromatic rings. The summed E-state index contributed by atoms with van der Waals surface area (Å²) < 4.78 is 1.42. The number of aromatic nitrogens is 1. The zero-order chi connectivity index (χ0) is 15.2. The number of rotatable bonds is 5. The highest BCUT2D eigenvalue weighted by molar-refractivity contribution is 5.75. The highest BCUT2D eigenvalue weighted by Gasteiger charge is 2.21. The topological polar surface area (TPSA) is 54.3 Å². The Morgan fingerprint density at radius 3 is 2.67 bits per heavy atom. The average molecular weight is 291 g/mol. The van der Waals surface area contributed by atoms with Crippen LogP contribution in [0.4, 0.5) is 0 Å². The Morgan fingerprint density at radius 2 is 2.00 bits per heavy atom. The number of piperidine rings is 1. The first-order valence-corrected chi connectivity index (χ1v) is 7.69. The van der Waals surface area contributed by atoms with Gasteiger partial charge in [0.1, 0.15) is 6.54 Å². The number of amides is 1. The van der Waals surface area contributed by atoms with Crippen molar-refractivity contribution in [1.82, 2.24) is 14.8 Å². The Morgan fingerprint density at radius 1 is 1.29 bits per heavy atom. The normalized spacial score (nSPS) is 23.0. The first-order chi connectivity index (χ1) is 10.0. The predicted molar refractivity (Wildman–Crippen MR) is 83.1 cm³/mol. The molecule has 116 valence electrons. The third-order valence-electron chi connectivity index (χ3n) is 3.91. The summed E-state index contributed by atoms with van der Waals surface area (Å²) in [5, 5.41) is 2.90. The molecule has 1 N–H and O–H groups in total. The van der Waals surface area contributed by atoms with Gasteiger partial charge >= 0.3 is 0 Å². The van der Waals surface area contributed by atoms with E-state index >= 15 is 0 Å². The molecule has 1 aliphatic rings. The summed E-state index contributed by atoms with van der Waals surface area (Å²) in [5.41, 5.74) is -0.147. The average Bonchev–Trinajstić information content (AvgIpc) is 2.40. The number of hydrogen-bond donors (Lipinski definition) is 1. The monoisotopic (exact) mass is 291 g/mol. The van der Waals surface area contributed by atoms with E-state index in [4.69, 9.17) is 0 Å². The van der Waals surface area contributed by atoms with Crippen LogP contribution in [0.2, 0.25) is 0 Å². The lowest BCUT2D eigenvalue weighted by Gasteiger charge is -2.34. The van der Waals surface area contributed by atoms with E-state index in [1.165, 1.54) is 17.1 Å². The van der Waals surface area contributed by atoms with Crippen LogP contribution in [-0.2, 0) is 11.3 Å². The fourth-order valence-electron chi connectivity index (χ4n) is 3.13. The van der Waals surface area contributed by atoms with Crippen LogP contribution in [0.15, 0.2) is 29.2 Å². The number of nitrogens with zero attached hydrogens (tertiary/aromatic N) is 2. The molecule has 2 atom stereocenters. The van der Waals surface area contributed by atoms with Gasteiger partial charge in [0, 0.05) is 38.4 Å². The van der Waals surface area contributed by atoms with Gasteiger partial charge in [0.25, 0.3) is 5.56 Å². The van der Waals surface area contributed by atoms with E-state index in [-0.39, 0.29) is 18.0 Å². The van der Waals surface area contributed by atoms with Crippen LogP contribution in [-0.4, -0.2) is 41.6 Å². The number of likely N-dealkylation sites (tertiary alicyclic amines) is 1. The van der Waals surface area contributed by atoms with Crippen molar-refractivity contribution in [3.8, 4) is 0 Å². The third-order valence-corrected chi connectivity index (χ3v) is 3.91. The molecule has 5 heteroatoms. The van der Waals surface area contributed by atoms with E-state index in [0.29, 0.717) is 6.54 Å². The minimum Gasteiger partial charge on any atom is -0.353 e. The smallest absolute Gasteiger partial charge is 0.250 e. The molecule has 0 aromatic carbocycles. The highest BCUT2D eigenvalue weighted by atomic mass is 16.2. The van der Waals surface area contributed by atoms with Crippen LogP contribution in [0.1, 0.15) is 20.3 Å². The predicted octanol–water partition coefficient (Wildman–Crippen LogP) is 0.942. The summed E-state index contributed by atoms with van der Waals surface area (Å²) in [6.45, 7) is 8.39. The van der Waals surface area contributed by atoms with E-state index < -0.39 is 0 Å². The molecule has 2 rings (SSSR count). The van der Waals surface area contributed by atoms with Crippen molar-refractivity contribution in [1.29, 1.82) is 0 Å². The molecule has 1 amide bonds. The van der Waals surface area contributed by atoms with Gasteiger partial charge in [0.05, 0.1) is 0 Å². The summed E-state index contributed by atoms with van der Waals surface area (Å²) >= 11 is 0. The van der Waals surface area contributed by atoms with Crippen molar-refractivity contribution in [3.63, 3.8) is 0 Å². The summed E-state index contributed by atoms with van der Waals surface area (Å²) in [6.07, 6.45) is 2.93. The molecule has 1 aromatic heterocycles.